The first-order valence-electron chi connectivity index (χ1n) is 10.4. The van der Waals surface area contributed by atoms with Gasteiger partial charge < -0.3 is 20.1 Å². The zero-order valence-corrected chi connectivity index (χ0v) is 20.0. The van der Waals surface area contributed by atoms with Gasteiger partial charge in [-0.25, -0.2) is 0 Å². The molecule has 0 saturated carbocycles. The minimum absolute atomic E-state index is 0.0333. The van der Waals surface area contributed by atoms with Crippen LogP contribution in [0.15, 0.2) is 89.0 Å². The number of carbonyl (C=O) groups is 3. The number of carbonyl (C=O) groups excluding carboxylic acids is 3. The van der Waals surface area contributed by atoms with Gasteiger partial charge in [0.05, 0.1) is 12.7 Å². The molecule has 0 atom stereocenters. The lowest BCUT2D eigenvalue weighted by Gasteiger charge is -2.13. The van der Waals surface area contributed by atoms with Crippen molar-refractivity contribution in [1.29, 1.82) is 0 Å². The van der Waals surface area contributed by atoms with Crippen LogP contribution in [0.2, 0.25) is 0 Å². The Morgan fingerprint density at radius 1 is 0.912 bits per heavy atom. The van der Waals surface area contributed by atoms with Crippen molar-refractivity contribution in [3.8, 4) is 5.75 Å². The third-order valence-electron chi connectivity index (χ3n) is 4.66. The van der Waals surface area contributed by atoms with Crippen LogP contribution in [0, 0.1) is 0 Å². The minimum Gasteiger partial charge on any atom is -0.496 e. The summed E-state index contributed by atoms with van der Waals surface area (Å²) in [5, 5.41) is 5.12. The molecule has 34 heavy (non-hydrogen) atoms. The van der Waals surface area contributed by atoms with Crippen LogP contribution >= 0.6 is 15.9 Å². The number of ether oxygens (including phenoxy) is 2. The van der Waals surface area contributed by atoms with E-state index in [2.05, 4.69) is 26.6 Å². The summed E-state index contributed by atoms with van der Waals surface area (Å²) in [7, 11) is 1.46. The Labute approximate surface area is 205 Å². The Morgan fingerprint density at radius 3 is 2.29 bits per heavy atom. The van der Waals surface area contributed by atoms with Crippen molar-refractivity contribution >= 4 is 39.8 Å². The monoisotopic (exact) mass is 522 g/mol. The molecule has 174 valence electrons. The number of halogens is 1. The van der Waals surface area contributed by atoms with Crippen molar-refractivity contribution in [2.24, 2.45) is 0 Å². The van der Waals surface area contributed by atoms with Gasteiger partial charge in [0.1, 0.15) is 24.6 Å². The van der Waals surface area contributed by atoms with Crippen LogP contribution in [0.1, 0.15) is 21.5 Å². The molecule has 0 aromatic heterocycles. The van der Waals surface area contributed by atoms with Gasteiger partial charge in [-0.2, -0.15) is 0 Å². The molecular formula is C26H23BrN2O5. The summed E-state index contributed by atoms with van der Waals surface area (Å²) < 4.78 is 11.3. The number of amides is 2. The topological polar surface area (TPSA) is 93.7 Å². The van der Waals surface area contributed by atoms with E-state index in [9.17, 15) is 14.4 Å². The fraction of sp³-hybridized carbons (Fsp3) is 0.115. The van der Waals surface area contributed by atoms with Gasteiger partial charge in [0.15, 0.2) is 0 Å². The van der Waals surface area contributed by atoms with E-state index in [0.29, 0.717) is 11.3 Å². The summed E-state index contributed by atoms with van der Waals surface area (Å²) >= 11 is 3.36. The molecule has 8 heteroatoms. The van der Waals surface area contributed by atoms with Gasteiger partial charge in [0, 0.05) is 4.47 Å². The zero-order valence-electron chi connectivity index (χ0n) is 18.4. The molecule has 3 rings (SSSR count). The summed E-state index contributed by atoms with van der Waals surface area (Å²) in [5.74, 6) is -1.39. The average molecular weight is 523 g/mol. The van der Waals surface area contributed by atoms with Crippen molar-refractivity contribution in [2.75, 3.05) is 13.7 Å². The highest BCUT2D eigenvalue weighted by molar-refractivity contribution is 9.10. The Morgan fingerprint density at radius 2 is 1.59 bits per heavy atom. The van der Waals surface area contributed by atoms with Crippen molar-refractivity contribution in [3.63, 3.8) is 0 Å². The van der Waals surface area contributed by atoms with Gasteiger partial charge in [-0.15, -0.1) is 0 Å². The summed E-state index contributed by atoms with van der Waals surface area (Å²) in [4.78, 5) is 37.8. The lowest BCUT2D eigenvalue weighted by molar-refractivity contribution is -0.144. The number of esters is 1. The molecule has 0 aliphatic rings. The average Bonchev–Trinajstić information content (AvgIpc) is 2.87. The molecule has 3 aromatic carbocycles. The standard InChI is InChI=1S/C26H23BrN2O5/c1-33-23-10-6-5-9-21(23)25(31)29-22(15-18-11-13-20(27)14-12-18)26(32)28-16-24(30)34-17-19-7-3-2-4-8-19/h2-15H,16-17H2,1H3,(H,28,32)(H,29,31). The summed E-state index contributed by atoms with van der Waals surface area (Å²) in [6.45, 7) is -0.254. The summed E-state index contributed by atoms with van der Waals surface area (Å²) in [5.41, 5.74) is 1.75. The van der Waals surface area contributed by atoms with Crippen LogP contribution in [0.3, 0.4) is 0 Å². The zero-order chi connectivity index (χ0) is 24.3. The second kappa shape index (κ2) is 12.4. The third kappa shape index (κ3) is 7.31. The van der Waals surface area contributed by atoms with E-state index in [1.165, 1.54) is 13.2 Å². The number of hydrogen-bond acceptors (Lipinski definition) is 5. The highest BCUT2D eigenvalue weighted by Gasteiger charge is 2.18. The Balaban J connectivity index is 1.71. The number of hydrogen-bond donors (Lipinski definition) is 2. The smallest absolute Gasteiger partial charge is 0.325 e. The second-order valence-corrected chi connectivity index (χ2v) is 8.01. The summed E-state index contributed by atoms with van der Waals surface area (Å²) in [6, 6.07) is 23.1. The van der Waals surface area contributed by atoms with E-state index in [1.807, 2.05) is 42.5 Å². The Bertz CT molecular complexity index is 1180. The molecule has 2 amide bonds. The molecule has 0 aliphatic heterocycles. The largest absolute Gasteiger partial charge is 0.496 e. The van der Waals surface area contributed by atoms with E-state index in [0.717, 1.165) is 10.0 Å². The number of rotatable bonds is 9. The quantitative estimate of drug-likeness (QED) is 0.326. The maximum Gasteiger partial charge on any atom is 0.325 e. The van der Waals surface area contributed by atoms with Crippen molar-refractivity contribution < 1.29 is 23.9 Å². The predicted octanol–water partition coefficient (Wildman–Crippen LogP) is 4.09. The fourth-order valence-electron chi connectivity index (χ4n) is 2.94. The highest BCUT2D eigenvalue weighted by Crippen LogP contribution is 2.18. The molecular weight excluding hydrogens is 500 g/mol. The predicted molar refractivity (Wildman–Crippen MR) is 132 cm³/mol. The van der Waals surface area contributed by atoms with E-state index >= 15 is 0 Å². The fourth-order valence-corrected chi connectivity index (χ4v) is 3.21. The molecule has 0 saturated heterocycles. The van der Waals surface area contributed by atoms with Crippen LogP contribution in [-0.4, -0.2) is 31.4 Å². The Hall–Kier alpha value is -3.91. The lowest BCUT2D eigenvalue weighted by atomic mass is 10.1. The first-order chi connectivity index (χ1) is 16.5. The molecule has 0 fully saturated rings. The van der Waals surface area contributed by atoms with Crippen LogP contribution in [0.4, 0.5) is 0 Å². The lowest BCUT2D eigenvalue weighted by Crippen LogP contribution is -2.37. The normalized spacial score (nSPS) is 10.8. The van der Waals surface area contributed by atoms with Crippen molar-refractivity contribution in [1.82, 2.24) is 10.6 Å². The summed E-state index contributed by atoms with van der Waals surface area (Å²) in [6.07, 6.45) is 1.52. The Kier molecular flexibility index (Phi) is 8.99. The second-order valence-electron chi connectivity index (χ2n) is 7.09. The molecule has 0 bridgehead atoms. The molecule has 0 spiro atoms. The van der Waals surface area contributed by atoms with E-state index in [-0.39, 0.29) is 24.4 Å². The maximum atomic E-state index is 12.9. The SMILES string of the molecule is COc1ccccc1C(=O)NC(=Cc1ccc(Br)cc1)C(=O)NCC(=O)OCc1ccccc1. The van der Waals surface area contributed by atoms with E-state index < -0.39 is 17.8 Å². The van der Waals surface area contributed by atoms with Crippen molar-refractivity contribution in [2.45, 2.75) is 6.61 Å². The van der Waals surface area contributed by atoms with Gasteiger partial charge in [0.2, 0.25) is 0 Å². The molecule has 7 nitrogen and oxygen atoms in total. The van der Waals surface area contributed by atoms with Crippen LogP contribution in [-0.2, 0) is 20.9 Å². The van der Waals surface area contributed by atoms with Gasteiger partial charge in [-0.1, -0.05) is 70.5 Å². The first kappa shape index (κ1) is 24.7. The van der Waals surface area contributed by atoms with E-state index in [1.54, 1.807) is 36.4 Å². The van der Waals surface area contributed by atoms with Crippen LogP contribution < -0.4 is 15.4 Å². The first-order valence-corrected chi connectivity index (χ1v) is 11.1. The number of benzene rings is 3. The molecule has 0 unspecified atom stereocenters. The van der Waals surface area contributed by atoms with Gasteiger partial charge in [0.25, 0.3) is 11.8 Å². The molecule has 2 N–H and O–H groups in total. The third-order valence-corrected chi connectivity index (χ3v) is 5.19. The minimum atomic E-state index is -0.636. The molecule has 0 heterocycles. The van der Waals surface area contributed by atoms with Gasteiger partial charge >= 0.3 is 5.97 Å². The maximum absolute atomic E-state index is 12.9. The number of methoxy groups -OCH3 is 1. The molecule has 0 aliphatic carbocycles. The van der Waals surface area contributed by atoms with Gasteiger partial charge in [-0.3, -0.25) is 14.4 Å². The van der Waals surface area contributed by atoms with Crippen LogP contribution in [0.25, 0.3) is 6.08 Å². The molecule has 0 radical (unpaired) electrons. The van der Waals surface area contributed by atoms with Crippen LogP contribution in [0.5, 0.6) is 5.75 Å². The number of para-hydroxylation sites is 1. The highest BCUT2D eigenvalue weighted by atomic mass is 79.9. The van der Waals surface area contributed by atoms with Crippen molar-refractivity contribution in [3.05, 3.63) is 106 Å². The number of nitrogens with one attached hydrogen (secondary N) is 2. The molecule has 3 aromatic rings. The van der Waals surface area contributed by atoms with Gasteiger partial charge in [-0.05, 0) is 41.5 Å². The van der Waals surface area contributed by atoms with E-state index in [4.69, 9.17) is 9.47 Å².